The van der Waals surface area contributed by atoms with Crippen molar-refractivity contribution in [1.29, 1.82) is 0 Å². The van der Waals surface area contributed by atoms with Gasteiger partial charge in [-0.05, 0) is 23.1 Å². The van der Waals surface area contributed by atoms with E-state index in [1.807, 2.05) is 11.0 Å². The van der Waals surface area contributed by atoms with Crippen LogP contribution < -0.4 is 5.32 Å². The molecule has 5 nitrogen and oxygen atoms in total. The Morgan fingerprint density at radius 1 is 1.24 bits per heavy atom. The summed E-state index contributed by atoms with van der Waals surface area (Å²) in [5.74, 6) is 0.140. The Balaban J connectivity index is 1.56. The van der Waals surface area contributed by atoms with E-state index in [9.17, 15) is 4.79 Å². The lowest BCUT2D eigenvalue weighted by Crippen LogP contribution is -2.47. The van der Waals surface area contributed by atoms with Crippen molar-refractivity contribution in [1.82, 2.24) is 15.2 Å². The third-order valence-corrected chi connectivity index (χ3v) is 5.62. The average Bonchev–Trinajstić information content (AvgIpc) is 3.33. The number of urea groups is 1. The fourth-order valence-corrected chi connectivity index (χ4v) is 4.15. The predicted octanol–water partition coefficient (Wildman–Crippen LogP) is 3.40. The molecule has 25 heavy (non-hydrogen) atoms. The van der Waals surface area contributed by atoms with Crippen LogP contribution in [0.2, 0.25) is 0 Å². The van der Waals surface area contributed by atoms with E-state index in [2.05, 4.69) is 52.2 Å². The number of ether oxygens (including phenoxy) is 1. The van der Waals surface area contributed by atoms with Gasteiger partial charge in [-0.1, -0.05) is 24.3 Å². The highest BCUT2D eigenvalue weighted by atomic mass is 32.1. The lowest BCUT2D eigenvalue weighted by Gasteiger charge is -2.28. The van der Waals surface area contributed by atoms with Gasteiger partial charge in [-0.15, -0.1) is 11.3 Å². The number of aromatic amines is 1. The van der Waals surface area contributed by atoms with Gasteiger partial charge >= 0.3 is 6.03 Å². The van der Waals surface area contributed by atoms with E-state index in [0.717, 1.165) is 5.52 Å². The Labute approximate surface area is 150 Å². The number of fused-ring (bicyclic) bond motifs is 1. The summed E-state index contributed by atoms with van der Waals surface area (Å²) in [4.78, 5) is 18.9. The Hall–Kier alpha value is -2.31. The third kappa shape index (κ3) is 3.41. The van der Waals surface area contributed by atoms with Crippen molar-refractivity contribution in [3.63, 3.8) is 0 Å². The number of carbonyl (C=O) groups is 1. The number of carbonyl (C=O) groups excluding carboxylic acids is 1. The molecule has 6 heteroatoms. The minimum absolute atomic E-state index is 0.00954. The number of para-hydroxylation sites is 1. The number of benzene rings is 1. The highest BCUT2D eigenvalue weighted by Crippen LogP contribution is 2.32. The van der Waals surface area contributed by atoms with Crippen LogP contribution in [0, 0.1) is 0 Å². The molecule has 1 aliphatic rings. The first-order chi connectivity index (χ1) is 12.3. The zero-order valence-corrected chi connectivity index (χ0v) is 14.7. The summed E-state index contributed by atoms with van der Waals surface area (Å²) in [6, 6.07) is 12.5. The van der Waals surface area contributed by atoms with Gasteiger partial charge in [-0.2, -0.15) is 0 Å². The van der Waals surface area contributed by atoms with E-state index >= 15 is 0 Å². The van der Waals surface area contributed by atoms with Crippen molar-refractivity contribution < 1.29 is 9.53 Å². The van der Waals surface area contributed by atoms with Gasteiger partial charge in [0.15, 0.2) is 0 Å². The van der Waals surface area contributed by atoms with Crippen molar-refractivity contribution >= 4 is 28.3 Å². The summed E-state index contributed by atoms with van der Waals surface area (Å²) in [5.41, 5.74) is 2.35. The maximum absolute atomic E-state index is 12.5. The Morgan fingerprint density at radius 2 is 2.08 bits per heavy atom. The number of nitrogens with zero attached hydrogens (tertiary/aromatic N) is 1. The van der Waals surface area contributed by atoms with E-state index in [1.54, 1.807) is 11.3 Å². The van der Waals surface area contributed by atoms with Crippen molar-refractivity contribution in [3.8, 4) is 0 Å². The second kappa shape index (κ2) is 7.29. The molecule has 0 spiro atoms. The zero-order valence-electron chi connectivity index (χ0n) is 13.9. The van der Waals surface area contributed by atoms with Crippen LogP contribution in [0.5, 0.6) is 0 Å². The number of nitrogens with one attached hydrogen (secondary N) is 2. The molecule has 2 amide bonds. The first kappa shape index (κ1) is 16.2. The normalized spacial score (nSPS) is 16.1. The number of aromatic nitrogens is 1. The van der Waals surface area contributed by atoms with E-state index < -0.39 is 0 Å². The van der Waals surface area contributed by atoms with Crippen LogP contribution in [0.3, 0.4) is 0 Å². The molecule has 1 atom stereocenters. The second-order valence-corrected chi connectivity index (χ2v) is 7.12. The Kier molecular flexibility index (Phi) is 4.72. The van der Waals surface area contributed by atoms with Gasteiger partial charge in [0.1, 0.15) is 0 Å². The largest absolute Gasteiger partial charge is 0.378 e. The highest BCUT2D eigenvalue weighted by molar-refractivity contribution is 7.10. The number of hydrogen-bond donors (Lipinski definition) is 2. The topological polar surface area (TPSA) is 57.4 Å². The molecule has 4 rings (SSSR count). The maximum Gasteiger partial charge on any atom is 0.317 e. The quantitative estimate of drug-likeness (QED) is 0.754. The first-order valence-electron chi connectivity index (χ1n) is 8.53. The Bertz CT molecular complexity index is 837. The van der Waals surface area contributed by atoms with Gasteiger partial charge in [0.2, 0.25) is 0 Å². The molecule has 0 radical (unpaired) electrons. The second-order valence-electron chi connectivity index (χ2n) is 6.14. The summed E-state index contributed by atoms with van der Waals surface area (Å²) in [6.45, 7) is 3.12. The van der Waals surface area contributed by atoms with Gasteiger partial charge in [0.05, 0.1) is 13.2 Å². The minimum Gasteiger partial charge on any atom is -0.378 e. The average molecular weight is 355 g/mol. The summed E-state index contributed by atoms with van der Waals surface area (Å²) in [6.07, 6.45) is 2.07. The fraction of sp³-hybridized carbons (Fsp3) is 0.316. The summed E-state index contributed by atoms with van der Waals surface area (Å²) >= 11 is 1.73. The molecule has 1 fully saturated rings. The fourth-order valence-electron chi connectivity index (χ4n) is 3.30. The number of amides is 2. The summed E-state index contributed by atoms with van der Waals surface area (Å²) in [7, 11) is 0. The molecule has 0 saturated carbocycles. The van der Waals surface area contributed by atoms with Gasteiger partial charge in [0.25, 0.3) is 0 Å². The third-order valence-electron chi connectivity index (χ3n) is 4.64. The molecular weight excluding hydrogens is 334 g/mol. The van der Waals surface area contributed by atoms with Gasteiger partial charge < -0.3 is 19.9 Å². The molecule has 1 unspecified atom stereocenters. The first-order valence-corrected chi connectivity index (χ1v) is 9.41. The van der Waals surface area contributed by atoms with Gasteiger partial charge in [0, 0.05) is 47.5 Å². The number of hydrogen-bond acceptors (Lipinski definition) is 3. The number of H-pyrrole nitrogens is 1. The number of thiophene rings is 1. The molecule has 1 aromatic carbocycles. The number of rotatable bonds is 4. The van der Waals surface area contributed by atoms with E-state index in [0.29, 0.717) is 32.8 Å². The molecule has 3 aromatic rings. The van der Waals surface area contributed by atoms with Crippen LogP contribution in [0.25, 0.3) is 10.9 Å². The standard InChI is InChI=1S/C19H21N3O2S/c23-19(22-7-9-24-10-8-22)21-13-16(18-6-3-11-25-18)15-12-20-17-5-2-1-4-14(15)17/h1-6,11-12,16,20H,7-10,13H2,(H,21,23). The monoisotopic (exact) mass is 355 g/mol. The lowest BCUT2D eigenvalue weighted by molar-refractivity contribution is 0.0532. The number of morpholine rings is 1. The zero-order chi connectivity index (χ0) is 17.1. The van der Waals surface area contributed by atoms with E-state index in [-0.39, 0.29) is 11.9 Å². The molecular formula is C19H21N3O2S. The molecule has 3 heterocycles. The van der Waals surface area contributed by atoms with Crippen molar-refractivity contribution in [3.05, 3.63) is 58.4 Å². The Morgan fingerprint density at radius 3 is 2.88 bits per heavy atom. The summed E-state index contributed by atoms with van der Waals surface area (Å²) in [5, 5.41) is 6.41. The molecule has 1 saturated heterocycles. The molecule has 130 valence electrons. The maximum atomic E-state index is 12.5. The molecule has 2 N–H and O–H groups in total. The molecule has 0 aliphatic carbocycles. The van der Waals surface area contributed by atoms with Crippen LogP contribution in [-0.4, -0.2) is 48.8 Å². The van der Waals surface area contributed by atoms with Crippen LogP contribution in [-0.2, 0) is 4.74 Å². The minimum atomic E-state index is -0.00954. The van der Waals surface area contributed by atoms with Crippen molar-refractivity contribution in [2.24, 2.45) is 0 Å². The van der Waals surface area contributed by atoms with E-state index in [4.69, 9.17) is 4.74 Å². The molecule has 0 bridgehead atoms. The van der Waals surface area contributed by atoms with Crippen LogP contribution in [0.4, 0.5) is 4.79 Å². The smallest absolute Gasteiger partial charge is 0.317 e. The van der Waals surface area contributed by atoms with Crippen molar-refractivity contribution in [2.45, 2.75) is 5.92 Å². The van der Waals surface area contributed by atoms with Crippen molar-refractivity contribution in [2.75, 3.05) is 32.8 Å². The van der Waals surface area contributed by atoms with Crippen LogP contribution in [0.15, 0.2) is 48.0 Å². The van der Waals surface area contributed by atoms with Crippen LogP contribution in [0.1, 0.15) is 16.4 Å². The predicted molar refractivity (Wildman–Crippen MR) is 100 cm³/mol. The lowest BCUT2D eigenvalue weighted by atomic mass is 9.97. The van der Waals surface area contributed by atoms with Gasteiger partial charge in [-0.3, -0.25) is 0 Å². The molecule has 1 aliphatic heterocycles. The van der Waals surface area contributed by atoms with Gasteiger partial charge in [-0.25, -0.2) is 4.79 Å². The SMILES string of the molecule is O=C(NCC(c1cccs1)c1c[nH]c2ccccc12)N1CCOCC1. The van der Waals surface area contributed by atoms with E-state index in [1.165, 1.54) is 15.8 Å². The summed E-state index contributed by atoms with van der Waals surface area (Å²) < 4.78 is 5.32. The highest BCUT2D eigenvalue weighted by Gasteiger charge is 2.22. The molecule has 2 aromatic heterocycles. The van der Waals surface area contributed by atoms with Crippen LogP contribution >= 0.6 is 11.3 Å².